The van der Waals surface area contributed by atoms with E-state index in [1.165, 1.54) is 60.9 Å². The van der Waals surface area contributed by atoms with Gasteiger partial charge in [0.15, 0.2) is 0 Å². The molecule has 0 saturated carbocycles. The van der Waals surface area contributed by atoms with E-state index in [4.69, 9.17) is 0 Å². The van der Waals surface area contributed by atoms with Crippen LogP contribution in [0.25, 0.3) is 33.0 Å². The van der Waals surface area contributed by atoms with Gasteiger partial charge < -0.3 is 5.32 Å². The van der Waals surface area contributed by atoms with Crippen LogP contribution in [0.5, 0.6) is 0 Å². The SMILES string of the molecule is CC1(C)c2cc(Nc3ccc(-c4cccc(-c5ccccc5)c4)cc3)ccc2C2C=CC(CCCC(c3ccccc3)c3ccc4ccccc4c3)=CC21. The number of benzene rings is 7. The van der Waals surface area contributed by atoms with Crippen LogP contribution in [0.3, 0.4) is 0 Å². The Morgan fingerprint density at radius 1 is 0.556 bits per heavy atom. The minimum absolute atomic E-state index is 0.0407. The molecule has 9 rings (SSSR count). The Hall–Kier alpha value is -5.92. The van der Waals surface area contributed by atoms with Gasteiger partial charge in [0, 0.05) is 23.2 Å². The second-order valence-corrected chi connectivity index (χ2v) is 15.8. The zero-order chi connectivity index (χ0) is 36.5. The zero-order valence-electron chi connectivity index (χ0n) is 31.3. The van der Waals surface area contributed by atoms with Gasteiger partial charge in [-0.25, -0.2) is 0 Å². The molecule has 0 aromatic heterocycles. The van der Waals surface area contributed by atoms with Crippen molar-refractivity contribution in [2.75, 3.05) is 5.32 Å². The monoisotopic (exact) mass is 697 g/mol. The predicted molar refractivity (Wildman–Crippen MR) is 230 cm³/mol. The molecule has 0 spiro atoms. The molecule has 0 aliphatic heterocycles. The van der Waals surface area contributed by atoms with Gasteiger partial charge in [0.25, 0.3) is 0 Å². The van der Waals surface area contributed by atoms with E-state index in [2.05, 4.69) is 207 Å². The first kappa shape index (κ1) is 33.9. The highest BCUT2D eigenvalue weighted by molar-refractivity contribution is 5.83. The maximum Gasteiger partial charge on any atom is 0.0387 e. The molecule has 0 bridgehead atoms. The Kier molecular flexibility index (Phi) is 9.09. The van der Waals surface area contributed by atoms with E-state index in [1.54, 1.807) is 0 Å². The van der Waals surface area contributed by atoms with Crippen LogP contribution in [0.1, 0.15) is 67.2 Å². The first-order valence-electron chi connectivity index (χ1n) is 19.6. The Morgan fingerprint density at radius 2 is 1.22 bits per heavy atom. The maximum atomic E-state index is 3.72. The lowest BCUT2D eigenvalue weighted by molar-refractivity contribution is 0.391. The molecule has 264 valence electrons. The predicted octanol–water partition coefficient (Wildman–Crippen LogP) is 14.4. The summed E-state index contributed by atoms with van der Waals surface area (Å²) in [7, 11) is 0. The van der Waals surface area contributed by atoms with Crippen LogP contribution >= 0.6 is 0 Å². The fourth-order valence-electron chi connectivity index (χ4n) is 9.09. The van der Waals surface area contributed by atoms with E-state index in [1.807, 2.05) is 0 Å². The van der Waals surface area contributed by atoms with Crippen LogP contribution < -0.4 is 5.32 Å². The third-order valence-electron chi connectivity index (χ3n) is 12.1. The van der Waals surface area contributed by atoms with Crippen LogP contribution in [-0.4, -0.2) is 0 Å². The fraction of sp³-hybridized carbons (Fsp3) is 0.170. The minimum Gasteiger partial charge on any atom is -0.356 e. The summed E-state index contributed by atoms with van der Waals surface area (Å²) in [6, 6.07) is 62.1. The minimum atomic E-state index is 0.0407. The summed E-state index contributed by atoms with van der Waals surface area (Å²) in [5.41, 5.74) is 14.4. The second kappa shape index (κ2) is 14.5. The maximum absolute atomic E-state index is 3.72. The molecule has 3 atom stereocenters. The van der Waals surface area contributed by atoms with E-state index in [9.17, 15) is 0 Å². The Morgan fingerprint density at radius 3 is 2.00 bits per heavy atom. The van der Waals surface area contributed by atoms with Crippen molar-refractivity contribution < 1.29 is 0 Å². The summed E-state index contributed by atoms with van der Waals surface area (Å²) in [5, 5.41) is 6.34. The lowest BCUT2D eigenvalue weighted by Crippen LogP contribution is -2.25. The Bertz CT molecular complexity index is 2470. The van der Waals surface area contributed by atoms with Gasteiger partial charge in [-0.15, -0.1) is 0 Å². The molecule has 1 nitrogen and oxygen atoms in total. The summed E-state index contributed by atoms with van der Waals surface area (Å²) in [4.78, 5) is 0. The van der Waals surface area contributed by atoms with Gasteiger partial charge in [0.1, 0.15) is 0 Å². The van der Waals surface area contributed by atoms with E-state index in [0.717, 1.165) is 30.6 Å². The van der Waals surface area contributed by atoms with Crippen molar-refractivity contribution in [2.24, 2.45) is 5.92 Å². The van der Waals surface area contributed by atoms with Gasteiger partial charge in [-0.2, -0.15) is 0 Å². The lowest BCUT2D eigenvalue weighted by atomic mass is 9.73. The average molecular weight is 698 g/mol. The van der Waals surface area contributed by atoms with Gasteiger partial charge in [0.2, 0.25) is 0 Å². The summed E-state index contributed by atoms with van der Waals surface area (Å²) in [6.45, 7) is 4.88. The molecule has 2 aliphatic rings. The summed E-state index contributed by atoms with van der Waals surface area (Å²) in [5.74, 6) is 1.27. The van der Waals surface area contributed by atoms with E-state index in [-0.39, 0.29) is 5.41 Å². The largest absolute Gasteiger partial charge is 0.356 e. The van der Waals surface area contributed by atoms with Crippen molar-refractivity contribution in [1.82, 2.24) is 0 Å². The van der Waals surface area contributed by atoms with Gasteiger partial charge in [0.05, 0.1) is 0 Å². The number of fused-ring (bicyclic) bond motifs is 4. The molecule has 7 aromatic rings. The molecular formula is C53H47N. The molecule has 1 N–H and O–H groups in total. The van der Waals surface area contributed by atoms with Gasteiger partial charge in [-0.05, 0) is 116 Å². The van der Waals surface area contributed by atoms with Crippen molar-refractivity contribution in [2.45, 2.75) is 50.4 Å². The van der Waals surface area contributed by atoms with Gasteiger partial charge in [-0.1, -0.05) is 177 Å². The highest BCUT2D eigenvalue weighted by atomic mass is 14.9. The van der Waals surface area contributed by atoms with Crippen molar-refractivity contribution in [1.29, 1.82) is 0 Å². The molecular weight excluding hydrogens is 651 g/mol. The van der Waals surface area contributed by atoms with E-state index < -0.39 is 0 Å². The lowest BCUT2D eigenvalue weighted by Gasteiger charge is -2.31. The van der Waals surface area contributed by atoms with Gasteiger partial charge in [-0.3, -0.25) is 0 Å². The number of hydrogen-bond acceptors (Lipinski definition) is 1. The fourth-order valence-corrected chi connectivity index (χ4v) is 9.09. The molecule has 0 radical (unpaired) electrons. The Labute approximate surface area is 320 Å². The molecule has 3 unspecified atom stereocenters. The smallest absolute Gasteiger partial charge is 0.0387 e. The molecule has 1 heteroatoms. The number of anilines is 2. The van der Waals surface area contributed by atoms with Crippen molar-refractivity contribution >= 4 is 22.1 Å². The molecule has 0 saturated heterocycles. The van der Waals surface area contributed by atoms with Crippen molar-refractivity contribution in [3.05, 3.63) is 216 Å². The molecule has 54 heavy (non-hydrogen) atoms. The summed E-state index contributed by atoms with van der Waals surface area (Å²) >= 11 is 0. The van der Waals surface area contributed by atoms with Crippen LogP contribution in [0, 0.1) is 5.92 Å². The molecule has 7 aromatic carbocycles. The highest BCUT2D eigenvalue weighted by Gasteiger charge is 2.45. The van der Waals surface area contributed by atoms with E-state index >= 15 is 0 Å². The zero-order valence-corrected chi connectivity index (χ0v) is 31.3. The van der Waals surface area contributed by atoms with Crippen LogP contribution in [0.15, 0.2) is 194 Å². The number of hydrogen-bond donors (Lipinski definition) is 1. The number of nitrogens with one attached hydrogen (secondary N) is 1. The normalized spacial score (nSPS) is 17.4. The van der Waals surface area contributed by atoms with Crippen LogP contribution in [0.4, 0.5) is 11.4 Å². The molecule has 2 aliphatic carbocycles. The Balaban J connectivity index is 0.882. The van der Waals surface area contributed by atoms with Gasteiger partial charge >= 0.3 is 0 Å². The van der Waals surface area contributed by atoms with E-state index in [0.29, 0.717) is 17.8 Å². The molecule has 0 fully saturated rings. The van der Waals surface area contributed by atoms with Crippen molar-refractivity contribution in [3.63, 3.8) is 0 Å². The highest BCUT2D eigenvalue weighted by Crippen LogP contribution is 2.54. The topological polar surface area (TPSA) is 12.0 Å². The quantitative estimate of drug-likeness (QED) is 0.150. The second-order valence-electron chi connectivity index (χ2n) is 15.8. The van der Waals surface area contributed by atoms with Crippen molar-refractivity contribution in [3.8, 4) is 22.3 Å². The average Bonchev–Trinajstić information content (AvgIpc) is 3.45. The first-order chi connectivity index (χ1) is 26.5. The molecule has 0 amide bonds. The standard InChI is InChI=1S/C53H47N/c1-53(2)51-33-37(13-11-22-48(41-17-7-4-8-18-41)45-25-24-39-16-9-10-19-42(39)35-45)23-31-49(51)50-32-30-47(36-52(50)53)54-46-28-26-40(27-29-46)44-21-12-20-43(34-44)38-14-5-3-6-15-38/h3-10,12,14-21,23-36,48-49,51,54H,11,13,22H2,1-2H3. The molecule has 0 heterocycles. The first-order valence-corrected chi connectivity index (χ1v) is 19.6. The third kappa shape index (κ3) is 6.72. The third-order valence-corrected chi connectivity index (χ3v) is 12.1. The van der Waals surface area contributed by atoms with Crippen LogP contribution in [0.2, 0.25) is 0 Å². The van der Waals surface area contributed by atoms with Crippen LogP contribution in [-0.2, 0) is 5.41 Å². The number of rotatable bonds is 10. The number of allylic oxidation sites excluding steroid dienone is 4. The summed E-state index contributed by atoms with van der Waals surface area (Å²) in [6.07, 6.45) is 10.9. The summed E-state index contributed by atoms with van der Waals surface area (Å²) < 4.78 is 0.